The molecule has 100 valence electrons. The van der Waals surface area contributed by atoms with Gasteiger partial charge in [0, 0.05) is 17.0 Å². The third kappa shape index (κ3) is 3.07. The Hall–Kier alpha value is -0.980. The van der Waals surface area contributed by atoms with Crippen LogP contribution in [0.3, 0.4) is 0 Å². The van der Waals surface area contributed by atoms with Crippen molar-refractivity contribution in [3.8, 4) is 11.5 Å². The van der Waals surface area contributed by atoms with Gasteiger partial charge < -0.3 is 20.3 Å². The van der Waals surface area contributed by atoms with Crippen LogP contribution in [0.25, 0.3) is 0 Å². The largest absolute Gasteiger partial charge is 0.492 e. The number of carboxylic acid groups (broad SMARTS) is 1. The maximum Gasteiger partial charge on any atom is 0.320 e. The first-order valence-electron chi connectivity index (χ1n) is 4.99. The van der Waals surface area contributed by atoms with Crippen LogP contribution in [0.5, 0.6) is 11.5 Å². The van der Waals surface area contributed by atoms with E-state index in [4.69, 9.17) is 31.9 Å². The first-order valence-corrected chi connectivity index (χ1v) is 6.16. The van der Waals surface area contributed by atoms with Crippen LogP contribution in [-0.4, -0.2) is 31.3 Å². The number of methoxy groups -OCH3 is 2. The molecule has 7 heteroatoms. The SMILES string of the molecule is COc1c(Br)cc(Cl)c(CC(N)C(=O)O)c1OC. The Morgan fingerprint density at radius 1 is 1.50 bits per heavy atom. The summed E-state index contributed by atoms with van der Waals surface area (Å²) in [5, 5.41) is 9.20. The number of rotatable bonds is 5. The quantitative estimate of drug-likeness (QED) is 0.859. The van der Waals surface area contributed by atoms with Crippen molar-refractivity contribution in [3.05, 3.63) is 21.1 Å². The summed E-state index contributed by atoms with van der Waals surface area (Å²) in [7, 11) is 2.94. The average Bonchev–Trinajstić information content (AvgIpc) is 2.31. The Balaban J connectivity index is 3.29. The molecule has 0 saturated carbocycles. The second kappa shape index (κ2) is 6.26. The predicted octanol–water partition coefficient (Wildman–Crippen LogP) is 2.07. The fourth-order valence-corrected chi connectivity index (χ4v) is 2.50. The van der Waals surface area contributed by atoms with Gasteiger partial charge in [0.15, 0.2) is 11.5 Å². The van der Waals surface area contributed by atoms with E-state index >= 15 is 0 Å². The van der Waals surface area contributed by atoms with E-state index in [0.717, 1.165) is 0 Å². The molecular weight excluding hydrogens is 325 g/mol. The molecule has 0 aliphatic heterocycles. The number of carboxylic acids is 1. The lowest BCUT2D eigenvalue weighted by atomic mass is 10.0. The highest BCUT2D eigenvalue weighted by Gasteiger charge is 2.22. The van der Waals surface area contributed by atoms with Crippen molar-refractivity contribution in [2.75, 3.05) is 14.2 Å². The lowest BCUT2D eigenvalue weighted by Crippen LogP contribution is -2.32. The maximum atomic E-state index is 10.8. The van der Waals surface area contributed by atoms with Crippen LogP contribution >= 0.6 is 27.5 Å². The Morgan fingerprint density at radius 2 is 2.06 bits per heavy atom. The fourth-order valence-electron chi connectivity index (χ4n) is 1.52. The summed E-state index contributed by atoms with van der Waals surface area (Å²) >= 11 is 9.37. The van der Waals surface area contributed by atoms with E-state index in [1.54, 1.807) is 6.07 Å². The highest BCUT2D eigenvalue weighted by atomic mass is 79.9. The van der Waals surface area contributed by atoms with Crippen LogP contribution in [0.15, 0.2) is 10.5 Å². The summed E-state index contributed by atoms with van der Waals surface area (Å²) in [4.78, 5) is 10.8. The van der Waals surface area contributed by atoms with Gasteiger partial charge in [0.2, 0.25) is 0 Å². The van der Waals surface area contributed by atoms with Gasteiger partial charge in [-0.3, -0.25) is 4.79 Å². The Labute approximate surface area is 118 Å². The van der Waals surface area contributed by atoms with E-state index in [0.29, 0.717) is 26.6 Å². The summed E-state index contributed by atoms with van der Waals surface area (Å²) in [6.45, 7) is 0. The molecule has 3 N–H and O–H groups in total. The average molecular weight is 339 g/mol. The molecular formula is C11H13BrClNO4. The molecule has 0 aromatic heterocycles. The molecule has 0 saturated heterocycles. The molecule has 1 rings (SSSR count). The number of hydrogen-bond donors (Lipinski definition) is 2. The summed E-state index contributed by atoms with van der Waals surface area (Å²) in [5.74, 6) is -0.266. The van der Waals surface area contributed by atoms with Crippen molar-refractivity contribution in [2.24, 2.45) is 5.73 Å². The molecule has 18 heavy (non-hydrogen) atoms. The van der Waals surface area contributed by atoms with Crippen LogP contribution in [0, 0.1) is 0 Å². The number of benzene rings is 1. The minimum atomic E-state index is -1.10. The Kier molecular flexibility index (Phi) is 5.25. The number of ether oxygens (including phenoxy) is 2. The van der Waals surface area contributed by atoms with Gasteiger partial charge >= 0.3 is 5.97 Å². The molecule has 0 aliphatic carbocycles. The normalized spacial score (nSPS) is 12.1. The number of hydrogen-bond acceptors (Lipinski definition) is 4. The third-order valence-electron chi connectivity index (χ3n) is 2.39. The van der Waals surface area contributed by atoms with Gasteiger partial charge in [-0.05, 0) is 22.0 Å². The molecule has 5 nitrogen and oxygen atoms in total. The summed E-state index contributed by atoms with van der Waals surface area (Å²) < 4.78 is 11.0. The zero-order valence-electron chi connectivity index (χ0n) is 9.87. The van der Waals surface area contributed by atoms with Crippen LogP contribution in [0.1, 0.15) is 5.56 Å². The second-order valence-electron chi connectivity index (χ2n) is 3.53. The summed E-state index contributed by atoms with van der Waals surface area (Å²) in [6.07, 6.45) is 0.0565. The fraction of sp³-hybridized carbons (Fsp3) is 0.364. The van der Waals surface area contributed by atoms with Crippen molar-refractivity contribution >= 4 is 33.5 Å². The molecule has 1 aromatic carbocycles. The zero-order chi connectivity index (χ0) is 13.9. The monoisotopic (exact) mass is 337 g/mol. The lowest BCUT2D eigenvalue weighted by Gasteiger charge is -2.17. The molecule has 0 aliphatic rings. The molecule has 0 heterocycles. The standard InChI is InChI=1S/C11H13BrClNO4/c1-17-9-5(3-8(14)11(15)16)7(13)4-6(12)10(9)18-2/h4,8H,3,14H2,1-2H3,(H,15,16). The van der Waals surface area contributed by atoms with E-state index in [2.05, 4.69) is 15.9 Å². The molecule has 0 radical (unpaired) electrons. The van der Waals surface area contributed by atoms with Gasteiger partial charge in [-0.1, -0.05) is 11.6 Å². The van der Waals surface area contributed by atoms with E-state index in [9.17, 15) is 4.79 Å². The highest BCUT2D eigenvalue weighted by molar-refractivity contribution is 9.10. The smallest absolute Gasteiger partial charge is 0.320 e. The Bertz CT molecular complexity index is 467. The topological polar surface area (TPSA) is 81.8 Å². The second-order valence-corrected chi connectivity index (χ2v) is 4.80. The Morgan fingerprint density at radius 3 is 2.50 bits per heavy atom. The first-order chi connectivity index (χ1) is 8.42. The minimum Gasteiger partial charge on any atom is -0.492 e. The molecule has 0 fully saturated rings. The molecule has 0 bridgehead atoms. The lowest BCUT2D eigenvalue weighted by molar-refractivity contribution is -0.138. The van der Waals surface area contributed by atoms with E-state index in [1.807, 2.05) is 0 Å². The van der Waals surface area contributed by atoms with E-state index < -0.39 is 12.0 Å². The molecule has 1 atom stereocenters. The van der Waals surface area contributed by atoms with Crippen molar-refractivity contribution in [1.29, 1.82) is 0 Å². The van der Waals surface area contributed by atoms with Crippen molar-refractivity contribution in [3.63, 3.8) is 0 Å². The van der Waals surface area contributed by atoms with E-state index in [1.165, 1.54) is 14.2 Å². The maximum absolute atomic E-state index is 10.8. The van der Waals surface area contributed by atoms with Gasteiger partial charge in [0.1, 0.15) is 6.04 Å². The first kappa shape index (κ1) is 15.1. The molecule has 0 amide bonds. The molecule has 1 aromatic rings. The van der Waals surface area contributed by atoms with Gasteiger partial charge in [-0.2, -0.15) is 0 Å². The van der Waals surface area contributed by atoms with Crippen molar-refractivity contribution in [2.45, 2.75) is 12.5 Å². The predicted molar refractivity (Wildman–Crippen MR) is 71.6 cm³/mol. The van der Waals surface area contributed by atoms with Gasteiger partial charge in [0.05, 0.1) is 18.7 Å². The van der Waals surface area contributed by atoms with Gasteiger partial charge in [-0.15, -0.1) is 0 Å². The zero-order valence-corrected chi connectivity index (χ0v) is 12.2. The number of halogens is 2. The minimum absolute atomic E-state index is 0.0565. The van der Waals surface area contributed by atoms with E-state index in [-0.39, 0.29) is 6.42 Å². The van der Waals surface area contributed by atoms with Crippen LogP contribution in [0.4, 0.5) is 0 Å². The van der Waals surface area contributed by atoms with Gasteiger partial charge in [0.25, 0.3) is 0 Å². The van der Waals surface area contributed by atoms with Crippen LogP contribution in [-0.2, 0) is 11.2 Å². The molecule has 1 unspecified atom stereocenters. The number of nitrogens with two attached hydrogens (primary N) is 1. The van der Waals surface area contributed by atoms with Crippen LogP contribution < -0.4 is 15.2 Å². The van der Waals surface area contributed by atoms with Crippen molar-refractivity contribution < 1.29 is 19.4 Å². The molecule has 0 spiro atoms. The number of carbonyl (C=O) groups is 1. The third-order valence-corrected chi connectivity index (χ3v) is 3.31. The van der Waals surface area contributed by atoms with Crippen molar-refractivity contribution in [1.82, 2.24) is 0 Å². The van der Waals surface area contributed by atoms with Crippen LogP contribution in [0.2, 0.25) is 5.02 Å². The summed E-state index contributed by atoms with van der Waals surface area (Å²) in [5.41, 5.74) is 6.01. The highest BCUT2D eigenvalue weighted by Crippen LogP contribution is 2.42. The van der Waals surface area contributed by atoms with Gasteiger partial charge in [-0.25, -0.2) is 0 Å². The number of aliphatic carboxylic acids is 1. The summed E-state index contributed by atoms with van der Waals surface area (Å²) in [6, 6.07) is 0.564.